The van der Waals surface area contributed by atoms with Gasteiger partial charge in [-0.2, -0.15) is 0 Å². The molecule has 0 spiro atoms. The van der Waals surface area contributed by atoms with E-state index in [1.807, 2.05) is 36.6 Å². The van der Waals surface area contributed by atoms with Gasteiger partial charge >= 0.3 is 0 Å². The third-order valence-corrected chi connectivity index (χ3v) is 3.81. The number of hydrogen-bond acceptors (Lipinski definition) is 3. The molecule has 0 amide bonds. The Labute approximate surface area is 123 Å². The Balaban J connectivity index is 2.19. The first kappa shape index (κ1) is 12.6. The summed E-state index contributed by atoms with van der Waals surface area (Å²) in [5, 5.41) is 0. The summed E-state index contributed by atoms with van der Waals surface area (Å²) in [7, 11) is 0. The van der Waals surface area contributed by atoms with Crippen molar-refractivity contribution in [1.29, 1.82) is 0 Å². The molecule has 98 valence electrons. The first-order chi connectivity index (χ1) is 9.06. The van der Waals surface area contributed by atoms with E-state index in [-0.39, 0.29) is 6.04 Å². The van der Waals surface area contributed by atoms with Gasteiger partial charge in [0.15, 0.2) is 10.4 Å². The molecule has 0 aliphatic heterocycles. The van der Waals surface area contributed by atoms with Crippen molar-refractivity contribution in [1.82, 2.24) is 14.5 Å². The Hall–Kier alpha value is -1.40. The Morgan fingerprint density at radius 1 is 1.47 bits per heavy atom. The van der Waals surface area contributed by atoms with Gasteiger partial charge in [0.2, 0.25) is 0 Å². The lowest BCUT2D eigenvalue weighted by molar-refractivity contribution is 0.430. The van der Waals surface area contributed by atoms with E-state index in [1.165, 1.54) is 0 Å². The van der Waals surface area contributed by atoms with Crippen LogP contribution in [0.5, 0.6) is 0 Å². The molecule has 1 unspecified atom stereocenters. The number of H-pyrrole nitrogens is 1. The maximum Gasteiger partial charge on any atom is 0.179 e. The van der Waals surface area contributed by atoms with E-state index >= 15 is 0 Å². The Morgan fingerprint density at radius 3 is 2.95 bits per heavy atom. The van der Waals surface area contributed by atoms with Crippen molar-refractivity contribution in [3.8, 4) is 0 Å². The number of aromatic nitrogens is 3. The zero-order chi connectivity index (χ0) is 13.6. The van der Waals surface area contributed by atoms with Gasteiger partial charge in [-0.3, -0.25) is 4.57 Å². The molecule has 0 aliphatic carbocycles. The van der Waals surface area contributed by atoms with Crippen LogP contribution in [0.2, 0.25) is 0 Å². The monoisotopic (exact) mass is 337 g/mol. The summed E-state index contributed by atoms with van der Waals surface area (Å²) in [6, 6.07) is 5.89. The molecule has 4 nitrogen and oxygen atoms in total. The molecule has 1 atom stereocenters. The maximum absolute atomic E-state index is 5.68. The number of pyridine rings is 1. The summed E-state index contributed by atoms with van der Waals surface area (Å²) in [5.41, 5.74) is 1.74. The Morgan fingerprint density at radius 2 is 2.26 bits per heavy atom. The largest absolute Gasteiger partial charge is 0.464 e. The molecule has 0 saturated heterocycles. The number of furan rings is 1. The number of aromatic amines is 1. The summed E-state index contributed by atoms with van der Waals surface area (Å²) in [5.74, 6) is 1.77. The molecule has 0 saturated carbocycles. The van der Waals surface area contributed by atoms with Crippen LogP contribution in [0.15, 0.2) is 33.3 Å². The van der Waals surface area contributed by atoms with Gasteiger partial charge in [0, 0.05) is 10.7 Å². The standard InChI is InChI=1S/C13H12BrN3OS/c1-7-3-4-11(18-7)8(2)17-12-10(16-13(17)19)5-9(14)6-15-12/h3-6,8H,1-2H3,(H,16,19). The van der Waals surface area contributed by atoms with Gasteiger partial charge in [0.25, 0.3) is 0 Å². The van der Waals surface area contributed by atoms with Crippen LogP contribution in [0.4, 0.5) is 0 Å². The van der Waals surface area contributed by atoms with Gasteiger partial charge in [-0.1, -0.05) is 0 Å². The first-order valence-electron chi connectivity index (χ1n) is 5.88. The number of imidazole rings is 1. The van der Waals surface area contributed by atoms with E-state index < -0.39 is 0 Å². The molecule has 1 N–H and O–H groups in total. The van der Waals surface area contributed by atoms with Crippen LogP contribution in [0, 0.1) is 11.7 Å². The Kier molecular flexibility index (Phi) is 3.06. The average Bonchev–Trinajstić information content (AvgIpc) is 2.91. The van der Waals surface area contributed by atoms with Crippen molar-refractivity contribution < 1.29 is 4.42 Å². The molecular formula is C13H12BrN3OS. The number of nitrogens with one attached hydrogen (secondary N) is 1. The molecular weight excluding hydrogens is 326 g/mol. The molecule has 3 rings (SSSR count). The highest BCUT2D eigenvalue weighted by Crippen LogP contribution is 2.25. The highest BCUT2D eigenvalue weighted by atomic mass is 79.9. The van der Waals surface area contributed by atoms with Crippen molar-refractivity contribution in [2.45, 2.75) is 19.9 Å². The molecule has 0 bridgehead atoms. The van der Waals surface area contributed by atoms with E-state index in [9.17, 15) is 0 Å². The van der Waals surface area contributed by atoms with E-state index in [4.69, 9.17) is 16.6 Å². The summed E-state index contributed by atoms with van der Waals surface area (Å²) in [6.07, 6.45) is 1.77. The molecule has 3 aromatic heterocycles. The van der Waals surface area contributed by atoms with Crippen LogP contribution in [-0.2, 0) is 0 Å². The van der Waals surface area contributed by atoms with Gasteiger partial charge in [-0.05, 0) is 60.2 Å². The van der Waals surface area contributed by atoms with E-state index in [1.54, 1.807) is 6.20 Å². The fourth-order valence-electron chi connectivity index (χ4n) is 2.15. The minimum Gasteiger partial charge on any atom is -0.464 e. The maximum atomic E-state index is 5.68. The number of hydrogen-bond donors (Lipinski definition) is 1. The lowest BCUT2D eigenvalue weighted by Crippen LogP contribution is -2.06. The van der Waals surface area contributed by atoms with E-state index in [0.717, 1.165) is 27.2 Å². The third-order valence-electron chi connectivity index (χ3n) is 3.08. The SMILES string of the molecule is Cc1ccc(C(C)n2c(=S)[nH]c3cc(Br)cnc32)o1. The number of aryl methyl sites for hydroxylation is 1. The summed E-state index contributed by atoms with van der Waals surface area (Å²) in [6.45, 7) is 3.98. The minimum atomic E-state index is 0.00336. The van der Waals surface area contributed by atoms with Gasteiger partial charge in [0.1, 0.15) is 11.5 Å². The molecule has 3 aromatic rings. The third kappa shape index (κ3) is 2.15. The van der Waals surface area contributed by atoms with Crippen molar-refractivity contribution >= 4 is 39.3 Å². The van der Waals surface area contributed by atoms with Crippen molar-refractivity contribution in [2.75, 3.05) is 0 Å². The zero-order valence-electron chi connectivity index (χ0n) is 10.5. The zero-order valence-corrected chi connectivity index (χ0v) is 12.9. The topological polar surface area (TPSA) is 46.8 Å². The number of nitrogens with zero attached hydrogens (tertiary/aromatic N) is 2. The first-order valence-corrected chi connectivity index (χ1v) is 7.08. The molecule has 3 heterocycles. The number of halogens is 1. The molecule has 19 heavy (non-hydrogen) atoms. The highest BCUT2D eigenvalue weighted by molar-refractivity contribution is 9.10. The molecule has 0 aromatic carbocycles. The lowest BCUT2D eigenvalue weighted by atomic mass is 10.2. The number of rotatable bonds is 2. The smallest absolute Gasteiger partial charge is 0.179 e. The van der Waals surface area contributed by atoms with Crippen molar-refractivity contribution in [3.63, 3.8) is 0 Å². The van der Waals surface area contributed by atoms with Crippen LogP contribution in [-0.4, -0.2) is 14.5 Å². The summed E-state index contributed by atoms with van der Waals surface area (Å²) in [4.78, 5) is 7.60. The van der Waals surface area contributed by atoms with E-state index in [2.05, 4.69) is 25.9 Å². The molecule has 0 aliphatic rings. The quantitative estimate of drug-likeness (QED) is 0.706. The second-order valence-corrected chi connectivity index (χ2v) is 5.75. The van der Waals surface area contributed by atoms with Crippen LogP contribution in [0.3, 0.4) is 0 Å². The normalized spacial score (nSPS) is 13.0. The van der Waals surface area contributed by atoms with Crippen LogP contribution >= 0.6 is 28.1 Å². The predicted molar refractivity (Wildman–Crippen MR) is 79.9 cm³/mol. The molecule has 0 radical (unpaired) electrons. The Bertz CT molecular complexity index is 802. The second-order valence-electron chi connectivity index (χ2n) is 4.45. The van der Waals surface area contributed by atoms with Crippen molar-refractivity contribution in [2.24, 2.45) is 0 Å². The van der Waals surface area contributed by atoms with Gasteiger partial charge in [-0.25, -0.2) is 4.98 Å². The molecule has 6 heteroatoms. The van der Waals surface area contributed by atoms with Crippen LogP contribution < -0.4 is 0 Å². The highest BCUT2D eigenvalue weighted by Gasteiger charge is 2.16. The summed E-state index contributed by atoms with van der Waals surface area (Å²) < 4.78 is 9.21. The molecule has 0 fully saturated rings. The predicted octanol–water partition coefficient (Wildman–Crippen LogP) is 4.37. The van der Waals surface area contributed by atoms with Crippen LogP contribution in [0.25, 0.3) is 11.2 Å². The fourth-order valence-corrected chi connectivity index (χ4v) is 2.84. The average molecular weight is 338 g/mol. The fraction of sp³-hybridized carbons (Fsp3) is 0.231. The minimum absolute atomic E-state index is 0.00336. The second kappa shape index (κ2) is 4.61. The van der Waals surface area contributed by atoms with Crippen LogP contribution in [0.1, 0.15) is 24.5 Å². The lowest BCUT2D eigenvalue weighted by Gasteiger charge is -2.11. The van der Waals surface area contributed by atoms with Crippen molar-refractivity contribution in [3.05, 3.63) is 45.2 Å². The summed E-state index contributed by atoms with van der Waals surface area (Å²) >= 11 is 8.80. The van der Waals surface area contributed by atoms with E-state index in [0.29, 0.717) is 4.77 Å². The van der Waals surface area contributed by atoms with Gasteiger partial charge in [-0.15, -0.1) is 0 Å². The number of fused-ring (bicyclic) bond motifs is 1. The van der Waals surface area contributed by atoms with Gasteiger partial charge in [0.05, 0.1) is 11.6 Å². The van der Waals surface area contributed by atoms with Gasteiger partial charge < -0.3 is 9.40 Å².